The molecule has 4 nitrogen and oxygen atoms in total. The molecule has 0 spiro atoms. The van der Waals surface area contributed by atoms with Gasteiger partial charge in [0.05, 0.1) is 6.10 Å². The molecule has 0 aromatic heterocycles. The third-order valence-electron chi connectivity index (χ3n) is 3.59. The van der Waals surface area contributed by atoms with Crippen LogP contribution >= 0.6 is 0 Å². The van der Waals surface area contributed by atoms with Crippen LogP contribution in [0.3, 0.4) is 0 Å². The van der Waals surface area contributed by atoms with Gasteiger partial charge in [-0.1, -0.05) is 0 Å². The monoisotopic (exact) mass is 225 g/mol. The normalized spacial score (nSPS) is 31.9. The molecule has 1 saturated heterocycles. The smallest absolute Gasteiger partial charge is 0.229 e. The molecule has 0 radical (unpaired) electrons. The minimum absolute atomic E-state index is 0.0242. The van der Waals surface area contributed by atoms with Crippen LogP contribution in [0.5, 0.6) is 0 Å². The van der Waals surface area contributed by atoms with Gasteiger partial charge in [-0.3, -0.25) is 14.5 Å². The molecular weight excluding hydrogens is 206 g/mol. The third-order valence-corrected chi connectivity index (χ3v) is 3.59. The molecule has 90 valence electrons. The van der Waals surface area contributed by atoms with Gasteiger partial charge in [-0.15, -0.1) is 0 Å². The quantitative estimate of drug-likeness (QED) is 0.715. The molecule has 0 aromatic carbocycles. The van der Waals surface area contributed by atoms with Gasteiger partial charge in [0.15, 0.2) is 0 Å². The number of likely N-dealkylation sites (tertiary alicyclic amines) is 1. The van der Waals surface area contributed by atoms with Crippen LogP contribution in [0.15, 0.2) is 0 Å². The van der Waals surface area contributed by atoms with Gasteiger partial charge in [-0.05, 0) is 38.0 Å². The van der Waals surface area contributed by atoms with E-state index in [1.54, 1.807) is 0 Å². The second-order valence-electron chi connectivity index (χ2n) is 4.94. The Morgan fingerprint density at radius 3 is 2.25 bits per heavy atom. The summed E-state index contributed by atoms with van der Waals surface area (Å²) >= 11 is 0. The maximum atomic E-state index is 11.7. The van der Waals surface area contributed by atoms with Gasteiger partial charge in [0.1, 0.15) is 0 Å². The highest BCUT2D eigenvalue weighted by Gasteiger charge is 2.30. The zero-order valence-corrected chi connectivity index (χ0v) is 9.52. The van der Waals surface area contributed by atoms with Crippen molar-refractivity contribution in [1.82, 2.24) is 4.90 Å². The first-order chi connectivity index (χ1) is 7.66. The number of imide groups is 1. The van der Waals surface area contributed by atoms with Crippen molar-refractivity contribution < 1.29 is 14.7 Å². The Labute approximate surface area is 95.6 Å². The molecule has 2 fully saturated rings. The van der Waals surface area contributed by atoms with Crippen LogP contribution in [-0.2, 0) is 9.59 Å². The Morgan fingerprint density at radius 1 is 1.12 bits per heavy atom. The van der Waals surface area contributed by atoms with E-state index in [0.29, 0.717) is 25.3 Å². The highest BCUT2D eigenvalue weighted by molar-refractivity contribution is 5.96. The van der Waals surface area contributed by atoms with Gasteiger partial charge in [-0.2, -0.15) is 0 Å². The highest BCUT2D eigenvalue weighted by atomic mass is 16.3. The van der Waals surface area contributed by atoms with E-state index >= 15 is 0 Å². The fraction of sp³-hybridized carbons (Fsp3) is 0.833. The van der Waals surface area contributed by atoms with Crippen molar-refractivity contribution >= 4 is 11.8 Å². The van der Waals surface area contributed by atoms with Gasteiger partial charge >= 0.3 is 0 Å². The van der Waals surface area contributed by atoms with Crippen molar-refractivity contribution in [2.75, 3.05) is 6.54 Å². The Balaban J connectivity index is 1.95. The van der Waals surface area contributed by atoms with Crippen molar-refractivity contribution in [2.45, 2.75) is 51.0 Å². The van der Waals surface area contributed by atoms with Crippen molar-refractivity contribution in [3.63, 3.8) is 0 Å². The van der Waals surface area contributed by atoms with E-state index < -0.39 is 0 Å². The number of aliphatic hydroxyl groups is 1. The lowest BCUT2D eigenvalue weighted by Gasteiger charge is -2.22. The first kappa shape index (κ1) is 11.6. The summed E-state index contributed by atoms with van der Waals surface area (Å²) in [5.74, 6) is 0.258. The van der Waals surface area contributed by atoms with E-state index in [4.69, 9.17) is 0 Å². The Bertz CT molecular complexity index is 272. The van der Waals surface area contributed by atoms with Crippen LogP contribution < -0.4 is 0 Å². The summed E-state index contributed by atoms with van der Waals surface area (Å²) in [6.45, 7) is 0.523. The third kappa shape index (κ3) is 2.61. The molecule has 1 saturated carbocycles. The standard InChI is InChI=1S/C12H19NO3/c14-10-6-5-9(7-10)8-13-11(15)3-1-2-4-12(13)16/h9-10,14H,1-8H2. The topological polar surface area (TPSA) is 57.6 Å². The number of carbonyl (C=O) groups is 2. The zero-order chi connectivity index (χ0) is 11.5. The van der Waals surface area contributed by atoms with Crippen LogP contribution in [-0.4, -0.2) is 34.5 Å². The molecule has 1 aliphatic carbocycles. The van der Waals surface area contributed by atoms with Crippen LogP contribution in [0, 0.1) is 5.92 Å². The van der Waals surface area contributed by atoms with Gasteiger partial charge in [0, 0.05) is 19.4 Å². The predicted molar refractivity (Wildman–Crippen MR) is 58.5 cm³/mol. The molecule has 1 N–H and O–H groups in total. The van der Waals surface area contributed by atoms with E-state index in [1.165, 1.54) is 4.90 Å². The highest BCUT2D eigenvalue weighted by Crippen LogP contribution is 2.27. The summed E-state index contributed by atoms with van der Waals surface area (Å²) < 4.78 is 0. The molecular formula is C12H19NO3. The van der Waals surface area contributed by atoms with Crippen molar-refractivity contribution in [1.29, 1.82) is 0 Å². The number of aliphatic hydroxyl groups excluding tert-OH is 1. The zero-order valence-electron chi connectivity index (χ0n) is 9.52. The van der Waals surface area contributed by atoms with E-state index in [1.807, 2.05) is 0 Å². The Kier molecular flexibility index (Phi) is 3.59. The number of hydrogen-bond donors (Lipinski definition) is 1. The van der Waals surface area contributed by atoms with Crippen LogP contribution in [0.4, 0.5) is 0 Å². The number of carbonyl (C=O) groups excluding carboxylic acids is 2. The van der Waals surface area contributed by atoms with Crippen molar-refractivity contribution in [3.05, 3.63) is 0 Å². The average Bonchev–Trinajstić information content (AvgIpc) is 2.59. The van der Waals surface area contributed by atoms with E-state index in [9.17, 15) is 14.7 Å². The first-order valence-electron chi connectivity index (χ1n) is 6.18. The molecule has 2 atom stereocenters. The number of amides is 2. The molecule has 2 aliphatic rings. The lowest BCUT2D eigenvalue weighted by Crippen LogP contribution is -2.38. The summed E-state index contributed by atoms with van der Waals surface area (Å²) in [6.07, 6.45) is 4.89. The van der Waals surface area contributed by atoms with Gasteiger partial charge in [0.2, 0.25) is 11.8 Å². The van der Waals surface area contributed by atoms with Crippen LogP contribution in [0.1, 0.15) is 44.9 Å². The lowest BCUT2D eigenvalue weighted by molar-refractivity contribution is -0.144. The molecule has 0 bridgehead atoms. The summed E-state index contributed by atoms with van der Waals surface area (Å²) in [6, 6.07) is 0. The minimum atomic E-state index is -0.234. The predicted octanol–water partition coefficient (Wildman–Crippen LogP) is 1.08. The Morgan fingerprint density at radius 2 is 1.75 bits per heavy atom. The van der Waals surface area contributed by atoms with Crippen LogP contribution in [0.2, 0.25) is 0 Å². The maximum Gasteiger partial charge on any atom is 0.229 e. The number of hydrogen-bond acceptors (Lipinski definition) is 3. The number of rotatable bonds is 2. The van der Waals surface area contributed by atoms with Gasteiger partial charge in [-0.25, -0.2) is 0 Å². The Hall–Kier alpha value is -0.900. The molecule has 2 unspecified atom stereocenters. The molecule has 1 aliphatic heterocycles. The number of nitrogens with zero attached hydrogens (tertiary/aromatic N) is 1. The van der Waals surface area contributed by atoms with E-state index in [-0.39, 0.29) is 17.9 Å². The second kappa shape index (κ2) is 4.95. The summed E-state index contributed by atoms with van der Waals surface area (Å²) in [5.41, 5.74) is 0. The molecule has 0 aromatic rings. The van der Waals surface area contributed by atoms with Gasteiger partial charge < -0.3 is 5.11 Å². The molecule has 2 amide bonds. The lowest BCUT2D eigenvalue weighted by atomic mass is 10.1. The van der Waals surface area contributed by atoms with Crippen molar-refractivity contribution in [2.24, 2.45) is 5.92 Å². The molecule has 1 heterocycles. The van der Waals surface area contributed by atoms with E-state index in [2.05, 4.69) is 0 Å². The molecule has 16 heavy (non-hydrogen) atoms. The molecule has 4 heteroatoms. The summed E-state index contributed by atoms with van der Waals surface area (Å²) in [7, 11) is 0. The average molecular weight is 225 g/mol. The maximum absolute atomic E-state index is 11.7. The van der Waals surface area contributed by atoms with Crippen molar-refractivity contribution in [3.8, 4) is 0 Å². The fourth-order valence-corrected chi connectivity index (χ4v) is 2.64. The SMILES string of the molecule is O=C1CCCCC(=O)N1CC1CCC(O)C1. The minimum Gasteiger partial charge on any atom is -0.393 e. The molecule has 2 rings (SSSR count). The summed E-state index contributed by atoms with van der Waals surface area (Å²) in [4.78, 5) is 24.9. The van der Waals surface area contributed by atoms with Crippen LogP contribution in [0.25, 0.3) is 0 Å². The summed E-state index contributed by atoms with van der Waals surface area (Å²) in [5, 5.41) is 9.43. The van der Waals surface area contributed by atoms with E-state index in [0.717, 1.165) is 32.1 Å². The first-order valence-corrected chi connectivity index (χ1v) is 6.18. The van der Waals surface area contributed by atoms with Gasteiger partial charge in [0.25, 0.3) is 0 Å². The largest absolute Gasteiger partial charge is 0.393 e. The fourth-order valence-electron chi connectivity index (χ4n) is 2.64. The second-order valence-corrected chi connectivity index (χ2v) is 4.94.